The fourth-order valence-corrected chi connectivity index (χ4v) is 2.93. The van der Waals surface area contributed by atoms with Gasteiger partial charge in [0.05, 0.1) is 5.60 Å². The zero-order chi connectivity index (χ0) is 15.7. The number of carbonyl (C=O) groups excluding carboxylic acids is 1. The number of ether oxygens (including phenoxy) is 1. The van der Waals surface area contributed by atoms with Crippen LogP contribution in [0.1, 0.15) is 34.5 Å². The molecule has 2 aromatic rings. The lowest BCUT2D eigenvalue weighted by atomic mass is 9.94. The SMILES string of the molecule is Cc1ccc2[nH]c(C(=O)NCC3(O)CCOCC3)c(C)c2c1. The summed E-state index contributed by atoms with van der Waals surface area (Å²) in [5, 5.41) is 14.3. The zero-order valence-electron chi connectivity index (χ0n) is 13.0. The van der Waals surface area contributed by atoms with Crippen LogP contribution in [0.5, 0.6) is 0 Å². The maximum atomic E-state index is 12.4. The summed E-state index contributed by atoms with van der Waals surface area (Å²) in [6.07, 6.45) is 1.11. The fourth-order valence-electron chi connectivity index (χ4n) is 2.93. The van der Waals surface area contributed by atoms with E-state index >= 15 is 0 Å². The van der Waals surface area contributed by atoms with Gasteiger partial charge in [-0.15, -0.1) is 0 Å². The highest BCUT2D eigenvalue weighted by Gasteiger charge is 2.30. The quantitative estimate of drug-likeness (QED) is 0.812. The molecule has 0 aliphatic carbocycles. The average Bonchev–Trinajstić information content (AvgIpc) is 2.83. The van der Waals surface area contributed by atoms with E-state index in [4.69, 9.17) is 4.74 Å². The molecule has 22 heavy (non-hydrogen) atoms. The molecule has 0 atom stereocenters. The summed E-state index contributed by atoms with van der Waals surface area (Å²) < 4.78 is 5.25. The first kappa shape index (κ1) is 15.1. The van der Waals surface area contributed by atoms with Gasteiger partial charge in [0.1, 0.15) is 5.69 Å². The van der Waals surface area contributed by atoms with Crippen molar-refractivity contribution in [1.82, 2.24) is 10.3 Å². The highest BCUT2D eigenvalue weighted by molar-refractivity contribution is 6.01. The van der Waals surface area contributed by atoms with Gasteiger partial charge in [0.25, 0.3) is 5.91 Å². The molecule has 1 fully saturated rings. The van der Waals surface area contributed by atoms with Crippen molar-refractivity contribution in [3.63, 3.8) is 0 Å². The molecular weight excluding hydrogens is 280 g/mol. The molecule has 2 heterocycles. The number of amides is 1. The number of benzene rings is 1. The Morgan fingerprint density at radius 2 is 2.09 bits per heavy atom. The first-order chi connectivity index (χ1) is 10.5. The Balaban J connectivity index is 1.76. The van der Waals surface area contributed by atoms with Gasteiger partial charge in [-0.05, 0) is 31.5 Å². The van der Waals surface area contributed by atoms with Crippen LogP contribution in [0.2, 0.25) is 0 Å². The second kappa shape index (κ2) is 5.74. The number of hydrogen-bond donors (Lipinski definition) is 3. The van der Waals surface area contributed by atoms with E-state index in [1.807, 2.05) is 26.0 Å². The summed E-state index contributed by atoms with van der Waals surface area (Å²) in [5.74, 6) is -0.175. The molecule has 0 spiro atoms. The molecule has 118 valence electrons. The highest BCUT2D eigenvalue weighted by Crippen LogP contribution is 2.23. The molecule has 0 unspecified atom stereocenters. The summed E-state index contributed by atoms with van der Waals surface area (Å²) in [5.41, 5.74) is 2.77. The van der Waals surface area contributed by atoms with Crippen LogP contribution in [-0.4, -0.2) is 41.4 Å². The standard InChI is InChI=1S/C17H22N2O3/c1-11-3-4-14-13(9-11)12(2)15(19-14)16(20)18-10-17(21)5-7-22-8-6-17/h3-4,9,19,21H,5-8,10H2,1-2H3,(H,18,20). The Morgan fingerprint density at radius 1 is 1.36 bits per heavy atom. The van der Waals surface area contributed by atoms with Crippen LogP contribution in [0.4, 0.5) is 0 Å². The van der Waals surface area contributed by atoms with Crippen molar-refractivity contribution < 1.29 is 14.6 Å². The average molecular weight is 302 g/mol. The number of aromatic nitrogens is 1. The van der Waals surface area contributed by atoms with Crippen LogP contribution in [-0.2, 0) is 4.74 Å². The van der Waals surface area contributed by atoms with E-state index in [0.717, 1.165) is 22.0 Å². The van der Waals surface area contributed by atoms with Gasteiger partial charge >= 0.3 is 0 Å². The Hall–Kier alpha value is -1.85. The van der Waals surface area contributed by atoms with E-state index in [0.29, 0.717) is 31.7 Å². The van der Waals surface area contributed by atoms with Gasteiger partial charge in [-0.25, -0.2) is 0 Å². The van der Waals surface area contributed by atoms with E-state index in [-0.39, 0.29) is 12.5 Å². The second-order valence-electron chi connectivity index (χ2n) is 6.19. The van der Waals surface area contributed by atoms with Gasteiger partial charge in [-0.1, -0.05) is 11.6 Å². The van der Waals surface area contributed by atoms with E-state index in [1.54, 1.807) is 0 Å². The topological polar surface area (TPSA) is 74.4 Å². The maximum Gasteiger partial charge on any atom is 0.268 e. The van der Waals surface area contributed by atoms with Crippen LogP contribution in [0, 0.1) is 13.8 Å². The predicted octanol–water partition coefficient (Wildman–Crippen LogP) is 2.06. The molecule has 5 nitrogen and oxygen atoms in total. The Bertz CT molecular complexity index is 699. The van der Waals surface area contributed by atoms with Crippen molar-refractivity contribution in [2.24, 2.45) is 0 Å². The number of carbonyl (C=O) groups is 1. The molecular formula is C17H22N2O3. The van der Waals surface area contributed by atoms with E-state index < -0.39 is 5.60 Å². The minimum absolute atomic E-state index is 0.175. The van der Waals surface area contributed by atoms with Gasteiger partial charge in [0, 0.05) is 43.5 Å². The van der Waals surface area contributed by atoms with E-state index in [2.05, 4.69) is 16.4 Å². The lowest BCUT2D eigenvalue weighted by Crippen LogP contribution is -2.46. The van der Waals surface area contributed by atoms with Crippen LogP contribution in [0.15, 0.2) is 18.2 Å². The number of rotatable bonds is 3. The van der Waals surface area contributed by atoms with Crippen LogP contribution < -0.4 is 5.32 Å². The van der Waals surface area contributed by atoms with Crippen LogP contribution >= 0.6 is 0 Å². The van der Waals surface area contributed by atoms with Gasteiger partial charge < -0.3 is 20.1 Å². The number of fused-ring (bicyclic) bond motifs is 1. The van der Waals surface area contributed by atoms with Gasteiger partial charge in [0.15, 0.2) is 0 Å². The van der Waals surface area contributed by atoms with Crippen molar-refractivity contribution in [3.05, 3.63) is 35.0 Å². The maximum absolute atomic E-state index is 12.4. The lowest BCUT2D eigenvalue weighted by Gasteiger charge is -2.32. The van der Waals surface area contributed by atoms with Crippen molar-refractivity contribution in [3.8, 4) is 0 Å². The smallest absolute Gasteiger partial charge is 0.268 e. The van der Waals surface area contributed by atoms with Crippen LogP contribution in [0.25, 0.3) is 10.9 Å². The summed E-state index contributed by atoms with van der Waals surface area (Å²) in [6.45, 7) is 5.31. The molecule has 1 aromatic heterocycles. The first-order valence-corrected chi connectivity index (χ1v) is 7.66. The number of H-pyrrole nitrogens is 1. The number of nitrogens with one attached hydrogen (secondary N) is 2. The molecule has 1 saturated heterocycles. The summed E-state index contributed by atoms with van der Waals surface area (Å²) >= 11 is 0. The van der Waals surface area contributed by atoms with Crippen molar-refractivity contribution in [1.29, 1.82) is 0 Å². The minimum atomic E-state index is -0.857. The molecule has 3 rings (SSSR count). The number of aromatic amines is 1. The van der Waals surface area contributed by atoms with Crippen LogP contribution in [0.3, 0.4) is 0 Å². The van der Waals surface area contributed by atoms with Gasteiger partial charge in [-0.2, -0.15) is 0 Å². The fraction of sp³-hybridized carbons (Fsp3) is 0.471. The van der Waals surface area contributed by atoms with Crippen molar-refractivity contribution in [2.45, 2.75) is 32.3 Å². The molecule has 0 radical (unpaired) electrons. The van der Waals surface area contributed by atoms with Crippen molar-refractivity contribution >= 4 is 16.8 Å². The summed E-state index contributed by atoms with van der Waals surface area (Å²) in [7, 11) is 0. The van der Waals surface area contributed by atoms with Crippen molar-refractivity contribution in [2.75, 3.05) is 19.8 Å². The highest BCUT2D eigenvalue weighted by atomic mass is 16.5. The third-order valence-corrected chi connectivity index (χ3v) is 4.44. The second-order valence-corrected chi connectivity index (χ2v) is 6.19. The first-order valence-electron chi connectivity index (χ1n) is 7.66. The molecule has 1 aliphatic heterocycles. The monoisotopic (exact) mass is 302 g/mol. The molecule has 3 N–H and O–H groups in total. The van der Waals surface area contributed by atoms with E-state index in [1.165, 1.54) is 0 Å². The Labute approximate surface area is 129 Å². The Kier molecular flexibility index (Phi) is 3.93. The van der Waals surface area contributed by atoms with E-state index in [9.17, 15) is 9.90 Å². The summed E-state index contributed by atoms with van der Waals surface area (Å²) in [6, 6.07) is 6.08. The van der Waals surface area contributed by atoms with Gasteiger partial charge in [-0.3, -0.25) is 4.79 Å². The number of aryl methyl sites for hydroxylation is 2. The number of aliphatic hydroxyl groups is 1. The predicted molar refractivity (Wildman–Crippen MR) is 85.1 cm³/mol. The third kappa shape index (κ3) is 2.87. The normalized spacial score (nSPS) is 17.6. The zero-order valence-corrected chi connectivity index (χ0v) is 13.0. The van der Waals surface area contributed by atoms with Gasteiger partial charge in [0.2, 0.25) is 0 Å². The molecule has 5 heteroatoms. The third-order valence-electron chi connectivity index (χ3n) is 4.44. The Morgan fingerprint density at radius 3 is 2.82 bits per heavy atom. The largest absolute Gasteiger partial charge is 0.388 e. The molecule has 1 amide bonds. The summed E-state index contributed by atoms with van der Waals surface area (Å²) in [4.78, 5) is 15.6. The molecule has 0 saturated carbocycles. The molecule has 1 aliphatic rings. The lowest BCUT2D eigenvalue weighted by molar-refractivity contribution is -0.0605. The molecule has 1 aromatic carbocycles. The molecule has 0 bridgehead atoms. The minimum Gasteiger partial charge on any atom is -0.388 e. The number of hydrogen-bond acceptors (Lipinski definition) is 3.